The van der Waals surface area contributed by atoms with Gasteiger partial charge in [0.15, 0.2) is 0 Å². The molecule has 0 saturated heterocycles. The molecular formula is C18H14N4O2. The predicted molar refractivity (Wildman–Crippen MR) is 90.8 cm³/mol. The van der Waals surface area contributed by atoms with E-state index in [1.807, 2.05) is 12.1 Å². The highest BCUT2D eigenvalue weighted by atomic mass is 16.2. The summed E-state index contributed by atoms with van der Waals surface area (Å²) in [5.74, 6) is 1.60. The second-order valence-corrected chi connectivity index (χ2v) is 4.98. The molecule has 24 heavy (non-hydrogen) atoms. The number of rotatable bonds is 4. The van der Waals surface area contributed by atoms with Crippen LogP contribution in [0.25, 0.3) is 5.65 Å². The average molecular weight is 318 g/mol. The topological polar surface area (TPSA) is 75.5 Å². The Morgan fingerprint density at radius 2 is 1.92 bits per heavy atom. The molecule has 0 saturated carbocycles. The van der Waals surface area contributed by atoms with Crippen LogP contribution in [0.5, 0.6) is 0 Å². The Morgan fingerprint density at radius 1 is 1.12 bits per heavy atom. The van der Waals surface area contributed by atoms with Crippen molar-refractivity contribution in [3.05, 3.63) is 66.1 Å². The van der Waals surface area contributed by atoms with Crippen LogP contribution in [0.4, 0.5) is 5.69 Å². The molecule has 0 spiro atoms. The van der Waals surface area contributed by atoms with Gasteiger partial charge in [-0.2, -0.15) is 0 Å². The lowest BCUT2D eigenvalue weighted by atomic mass is 10.1. The molecule has 3 aromatic rings. The van der Waals surface area contributed by atoms with Gasteiger partial charge in [-0.1, -0.05) is 24.1 Å². The molecular weight excluding hydrogens is 304 g/mol. The zero-order chi connectivity index (χ0) is 16.9. The van der Waals surface area contributed by atoms with E-state index in [0.717, 1.165) is 0 Å². The van der Waals surface area contributed by atoms with Crippen LogP contribution in [0.3, 0.4) is 0 Å². The van der Waals surface area contributed by atoms with Gasteiger partial charge < -0.3 is 15.0 Å². The number of benzene rings is 1. The van der Waals surface area contributed by atoms with Crippen LogP contribution in [0.1, 0.15) is 20.8 Å². The number of nitrogens with zero attached hydrogens (tertiary/aromatic N) is 2. The molecule has 0 aliphatic rings. The Kier molecular flexibility index (Phi) is 4.25. The minimum Gasteiger partial charge on any atom is -0.341 e. The van der Waals surface area contributed by atoms with E-state index in [-0.39, 0.29) is 18.1 Å². The molecule has 0 aliphatic heterocycles. The van der Waals surface area contributed by atoms with Crippen LogP contribution < -0.4 is 10.6 Å². The molecule has 0 unspecified atom stereocenters. The van der Waals surface area contributed by atoms with E-state index in [1.54, 1.807) is 47.1 Å². The zero-order valence-electron chi connectivity index (χ0n) is 12.7. The molecule has 2 amide bonds. The number of anilines is 1. The molecule has 0 bridgehead atoms. The fraction of sp³-hybridized carbons (Fsp3) is 0.0556. The molecule has 0 aliphatic carbocycles. The van der Waals surface area contributed by atoms with Crippen molar-refractivity contribution in [2.24, 2.45) is 0 Å². The summed E-state index contributed by atoms with van der Waals surface area (Å²) in [4.78, 5) is 28.8. The molecule has 6 heteroatoms. The minimum atomic E-state index is -0.393. The van der Waals surface area contributed by atoms with Crippen molar-refractivity contribution in [1.82, 2.24) is 14.7 Å². The van der Waals surface area contributed by atoms with E-state index >= 15 is 0 Å². The van der Waals surface area contributed by atoms with Gasteiger partial charge in [-0.3, -0.25) is 9.59 Å². The number of carbonyl (C=O) groups excluding carboxylic acids is 2. The standard InChI is InChI=1S/C18H14N4O2/c1-2-10-19-17(23)13-7-3-4-8-14(13)21-18(24)15-12-22-11-6-5-9-16(22)20-15/h1,3-9,11-12H,10H2,(H,19,23)(H,21,24). The lowest BCUT2D eigenvalue weighted by Gasteiger charge is -2.09. The fourth-order valence-electron chi connectivity index (χ4n) is 2.25. The first-order valence-electron chi connectivity index (χ1n) is 7.25. The first-order chi connectivity index (χ1) is 11.7. The molecule has 1 aromatic carbocycles. The lowest BCUT2D eigenvalue weighted by molar-refractivity contribution is 0.0959. The van der Waals surface area contributed by atoms with Crippen molar-refractivity contribution >= 4 is 23.1 Å². The number of hydrogen-bond donors (Lipinski definition) is 2. The summed E-state index contributed by atoms with van der Waals surface area (Å²) in [7, 11) is 0. The minimum absolute atomic E-state index is 0.119. The molecule has 3 rings (SSSR count). The van der Waals surface area contributed by atoms with E-state index in [2.05, 4.69) is 21.5 Å². The second kappa shape index (κ2) is 6.67. The van der Waals surface area contributed by atoms with Crippen molar-refractivity contribution in [3.63, 3.8) is 0 Å². The van der Waals surface area contributed by atoms with Gasteiger partial charge in [-0.25, -0.2) is 4.98 Å². The maximum absolute atomic E-state index is 12.4. The highest BCUT2D eigenvalue weighted by Gasteiger charge is 2.15. The maximum atomic E-state index is 12.4. The number of hydrogen-bond acceptors (Lipinski definition) is 3. The average Bonchev–Trinajstić information content (AvgIpc) is 3.04. The maximum Gasteiger partial charge on any atom is 0.275 e. The number of para-hydroxylation sites is 1. The number of aromatic nitrogens is 2. The van der Waals surface area contributed by atoms with E-state index in [9.17, 15) is 9.59 Å². The summed E-state index contributed by atoms with van der Waals surface area (Å²) in [5, 5.41) is 5.30. The van der Waals surface area contributed by atoms with Gasteiger partial charge in [0.25, 0.3) is 11.8 Å². The Labute approximate surface area is 138 Å². The van der Waals surface area contributed by atoms with E-state index in [0.29, 0.717) is 16.9 Å². The second-order valence-electron chi connectivity index (χ2n) is 4.98. The summed E-state index contributed by atoms with van der Waals surface area (Å²) >= 11 is 0. The molecule has 6 nitrogen and oxygen atoms in total. The van der Waals surface area contributed by atoms with Crippen molar-refractivity contribution in [1.29, 1.82) is 0 Å². The van der Waals surface area contributed by atoms with Gasteiger partial charge in [0.1, 0.15) is 11.3 Å². The number of carbonyl (C=O) groups is 2. The van der Waals surface area contributed by atoms with Crippen LogP contribution in [0.15, 0.2) is 54.9 Å². The van der Waals surface area contributed by atoms with E-state index in [4.69, 9.17) is 6.42 Å². The molecule has 0 radical (unpaired) electrons. The summed E-state index contributed by atoms with van der Waals surface area (Å²) in [5.41, 5.74) is 1.67. The van der Waals surface area contributed by atoms with Crippen LogP contribution in [-0.4, -0.2) is 27.7 Å². The van der Waals surface area contributed by atoms with Crippen LogP contribution in [-0.2, 0) is 0 Å². The third-order valence-electron chi connectivity index (χ3n) is 3.37. The van der Waals surface area contributed by atoms with Crippen molar-refractivity contribution in [2.75, 3.05) is 11.9 Å². The van der Waals surface area contributed by atoms with Crippen LogP contribution in [0.2, 0.25) is 0 Å². The van der Waals surface area contributed by atoms with Gasteiger partial charge in [-0.05, 0) is 24.3 Å². The highest BCUT2D eigenvalue weighted by molar-refractivity contribution is 6.08. The van der Waals surface area contributed by atoms with Crippen molar-refractivity contribution < 1.29 is 9.59 Å². The Balaban J connectivity index is 1.84. The summed E-state index contributed by atoms with van der Waals surface area (Å²) in [6.45, 7) is 0.119. The molecule has 118 valence electrons. The summed E-state index contributed by atoms with van der Waals surface area (Å²) < 4.78 is 1.75. The third-order valence-corrected chi connectivity index (χ3v) is 3.37. The van der Waals surface area contributed by atoms with Gasteiger partial charge in [0.2, 0.25) is 0 Å². The molecule has 2 heterocycles. The predicted octanol–water partition coefficient (Wildman–Crippen LogP) is 1.95. The number of pyridine rings is 1. The van der Waals surface area contributed by atoms with Gasteiger partial charge in [-0.15, -0.1) is 6.42 Å². The normalized spacial score (nSPS) is 10.1. The molecule has 2 N–H and O–H groups in total. The van der Waals surface area contributed by atoms with E-state index in [1.165, 1.54) is 0 Å². The first kappa shape index (κ1) is 15.3. The van der Waals surface area contributed by atoms with Crippen LogP contribution >= 0.6 is 0 Å². The molecule has 2 aromatic heterocycles. The Bertz CT molecular complexity index is 920. The number of imidazole rings is 1. The van der Waals surface area contributed by atoms with Crippen molar-refractivity contribution in [2.45, 2.75) is 0 Å². The van der Waals surface area contributed by atoms with Gasteiger partial charge in [0.05, 0.1) is 17.8 Å². The highest BCUT2D eigenvalue weighted by Crippen LogP contribution is 2.16. The number of amides is 2. The quantitative estimate of drug-likeness (QED) is 0.722. The molecule has 0 atom stereocenters. The van der Waals surface area contributed by atoms with Crippen LogP contribution in [0, 0.1) is 12.3 Å². The monoisotopic (exact) mass is 318 g/mol. The zero-order valence-corrected chi connectivity index (χ0v) is 12.7. The van der Waals surface area contributed by atoms with Crippen molar-refractivity contribution in [3.8, 4) is 12.3 Å². The van der Waals surface area contributed by atoms with E-state index < -0.39 is 5.91 Å². The summed E-state index contributed by atoms with van der Waals surface area (Å²) in [6.07, 6.45) is 8.58. The number of terminal acetylenes is 1. The van der Waals surface area contributed by atoms with Gasteiger partial charge >= 0.3 is 0 Å². The fourth-order valence-corrected chi connectivity index (χ4v) is 2.25. The molecule has 0 fully saturated rings. The number of nitrogens with one attached hydrogen (secondary N) is 2. The number of fused-ring (bicyclic) bond motifs is 1. The SMILES string of the molecule is C#CCNC(=O)c1ccccc1NC(=O)c1cn2ccccc2n1. The smallest absolute Gasteiger partial charge is 0.275 e. The Hall–Kier alpha value is -3.59. The summed E-state index contributed by atoms with van der Waals surface area (Å²) in [6, 6.07) is 12.2. The third kappa shape index (κ3) is 3.10. The largest absolute Gasteiger partial charge is 0.341 e. The van der Waals surface area contributed by atoms with Gasteiger partial charge in [0, 0.05) is 12.4 Å². The Morgan fingerprint density at radius 3 is 2.71 bits per heavy atom. The lowest BCUT2D eigenvalue weighted by Crippen LogP contribution is -2.25. The first-order valence-corrected chi connectivity index (χ1v) is 7.25.